The van der Waals surface area contributed by atoms with Crippen molar-refractivity contribution in [3.05, 3.63) is 16.1 Å². The van der Waals surface area contributed by atoms with Crippen molar-refractivity contribution in [3.63, 3.8) is 0 Å². The molecule has 0 aromatic carbocycles. The Morgan fingerprint density at radius 3 is 3.00 bits per heavy atom. The molecule has 0 spiro atoms. The molecule has 1 atom stereocenters. The van der Waals surface area contributed by atoms with Gasteiger partial charge in [-0.15, -0.1) is 11.3 Å². The van der Waals surface area contributed by atoms with Gasteiger partial charge in [-0.3, -0.25) is 0 Å². The standard InChI is InChI=1S/C10H18N2OS/c1-3-10-12-9(7-14-10)5-11-4-8(2)6-13/h7-8,11,13H,3-6H2,1-2H3. The van der Waals surface area contributed by atoms with Crippen LogP contribution in [-0.2, 0) is 13.0 Å². The molecule has 0 aliphatic carbocycles. The Morgan fingerprint density at radius 2 is 2.43 bits per heavy atom. The van der Waals surface area contributed by atoms with Gasteiger partial charge in [0.15, 0.2) is 0 Å². The zero-order valence-electron chi connectivity index (χ0n) is 8.79. The second-order valence-electron chi connectivity index (χ2n) is 3.50. The van der Waals surface area contributed by atoms with Gasteiger partial charge in [-0.05, 0) is 12.3 Å². The summed E-state index contributed by atoms with van der Waals surface area (Å²) in [5.41, 5.74) is 1.11. The third-order valence-corrected chi connectivity index (χ3v) is 3.05. The first-order valence-electron chi connectivity index (χ1n) is 5.01. The highest BCUT2D eigenvalue weighted by Gasteiger charge is 2.01. The predicted molar refractivity (Wildman–Crippen MR) is 59.4 cm³/mol. The van der Waals surface area contributed by atoms with Crippen molar-refractivity contribution in [2.24, 2.45) is 5.92 Å². The Balaban J connectivity index is 2.24. The van der Waals surface area contributed by atoms with Crippen LogP contribution in [0.15, 0.2) is 5.38 Å². The molecule has 1 aromatic heterocycles. The van der Waals surface area contributed by atoms with Gasteiger partial charge in [-0.2, -0.15) is 0 Å². The van der Waals surface area contributed by atoms with Crippen molar-refractivity contribution in [3.8, 4) is 0 Å². The fraction of sp³-hybridized carbons (Fsp3) is 0.700. The fourth-order valence-electron chi connectivity index (χ4n) is 1.10. The van der Waals surface area contributed by atoms with E-state index in [-0.39, 0.29) is 6.61 Å². The van der Waals surface area contributed by atoms with E-state index in [0.717, 1.165) is 25.2 Å². The van der Waals surface area contributed by atoms with Crippen molar-refractivity contribution >= 4 is 11.3 Å². The maximum Gasteiger partial charge on any atom is 0.0926 e. The minimum atomic E-state index is 0.240. The molecule has 0 saturated carbocycles. The van der Waals surface area contributed by atoms with Crippen LogP contribution in [-0.4, -0.2) is 23.2 Å². The zero-order valence-corrected chi connectivity index (χ0v) is 9.60. The molecule has 1 rings (SSSR count). The number of nitrogens with one attached hydrogen (secondary N) is 1. The lowest BCUT2D eigenvalue weighted by Gasteiger charge is -2.07. The number of aromatic nitrogens is 1. The Kier molecular flexibility index (Phi) is 5.07. The molecule has 0 fully saturated rings. The van der Waals surface area contributed by atoms with E-state index in [1.54, 1.807) is 11.3 Å². The molecule has 0 radical (unpaired) electrons. The molecule has 1 unspecified atom stereocenters. The molecule has 1 aromatic rings. The zero-order chi connectivity index (χ0) is 10.4. The van der Waals surface area contributed by atoms with E-state index in [2.05, 4.69) is 22.6 Å². The lowest BCUT2D eigenvalue weighted by Crippen LogP contribution is -2.22. The molecular weight excluding hydrogens is 196 g/mol. The quantitative estimate of drug-likeness (QED) is 0.753. The van der Waals surface area contributed by atoms with Crippen LogP contribution in [0.1, 0.15) is 24.5 Å². The lowest BCUT2D eigenvalue weighted by atomic mass is 10.2. The number of nitrogens with zero attached hydrogens (tertiary/aromatic N) is 1. The minimum absolute atomic E-state index is 0.240. The fourth-order valence-corrected chi connectivity index (χ4v) is 1.85. The number of aryl methyl sites for hydroxylation is 1. The van der Waals surface area contributed by atoms with E-state index in [1.165, 1.54) is 5.01 Å². The van der Waals surface area contributed by atoms with Gasteiger partial charge in [-0.1, -0.05) is 13.8 Å². The van der Waals surface area contributed by atoms with Gasteiger partial charge in [0.1, 0.15) is 0 Å². The van der Waals surface area contributed by atoms with Gasteiger partial charge in [0.05, 0.1) is 10.7 Å². The summed E-state index contributed by atoms with van der Waals surface area (Å²) in [6.07, 6.45) is 1.01. The monoisotopic (exact) mass is 214 g/mol. The largest absolute Gasteiger partial charge is 0.396 e. The summed E-state index contributed by atoms with van der Waals surface area (Å²) in [5, 5.41) is 15.4. The van der Waals surface area contributed by atoms with Crippen LogP contribution >= 0.6 is 11.3 Å². The maximum atomic E-state index is 8.82. The highest BCUT2D eigenvalue weighted by atomic mass is 32.1. The molecule has 0 aliphatic rings. The first-order valence-corrected chi connectivity index (χ1v) is 5.89. The normalized spacial score (nSPS) is 13.1. The Labute approximate surface area is 89.2 Å². The summed E-state index contributed by atoms with van der Waals surface area (Å²) in [5.74, 6) is 0.319. The molecule has 0 amide bonds. The van der Waals surface area contributed by atoms with Crippen LogP contribution in [0, 0.1) is 5.92 Å². The smallest absolute Gasteiger partial charge is 0.0926 e. The van der Waals surface area contributed by atoms with Crippen molar-refractivity contribution in [2.75, 3.05) is 13.2 Å². The third kappa shape index (κ3) is 3.74. The molecule has 1 heterocycles. The first kappa shape index (κ1) is 11.6. The molecule has 0 bridgehead atoms. The average molecular weight is 214 g/mol. The van der Waals surface area contributed by atoms with E-state index in [4.69, 9.17) is 5.11 Å². The number of hydrogen-bond acceptors (Lipinski definition) is 4. The molecule has 0 saturated heterocycles. The van der Waals surface area contributed by atoms with Gasteiger partial charge in [0.2, 0.25) is 0 Å². The van der Waals surface area contributed by atoms with Crippen LogP contribution in [0.2, 0.25) is 0 Å². The van der Waals surface area contributed by atoms with Crippen LogP contribution in [0.25, 0.3) is 0 Å². The Hall–Kier alpha value is -0.450. The van der Waals surface area contributed by atoms with Crippen molar-refractivity contribution in [2.45, 2.75) is 26.8 Å². The minimum Gasteiger partial charge on any atom is -0.396 e. The molecular formula is C10H18N2OS. The molecule has 14 heavy (non-hydrogen) atoms. The highest BCUT2D eigenvalue weighted by Crippen LogP contribution is 2.09. The van der Waals surface area contributed by atoms with Crippen molar-refractivity contribution < 1.29 is 5.11 Å². The second-order valence-corrected chi connectivity index (χ2v) is 4.45. The van der Waals surface area contributed by atoms with E-state index >= 15 is 0 Å². The van der Waals surface area contributed by atoms with Gasteiger partial charge >= 0.3 is 0 Å². The first-order chi connectivity index (χ1) is 6.76. The predicted octanol–water partition coefficient (Wildman–Crippen LogP) is 1.42. The van der Waals surface area contributed by atoms with Crippen LogP contribution in [0.3, 0.4) is 0 Å². The van der Waals surface area contributed by atoms with Crippen LogP contribution in [0.5, 0.6) is 0 Å². The Bertz CT molecular complexity index is 262. The summed E-state index contributed by atoms with van der Waals surface area (Å²) in [6.45, 7) is 6.02. The summed E-state index contributed by atoms with van der Waals surface area (Å²) in [4.78, 5) is 4.44. The van der Waals surface area contributed by atoms with Crippen molar-refractivity contribution in [1.82, 2.24) is 10.3 Å². The average Bonchev–Trinajstić information content (AvgIpc) is 2.65. The number of rotatable bonds is 6. The summed E-state index contributed by atoms with van der Waals surface area (Å²) >= 11 is 1.71. The molecule has 2 N–H and O–H groups in total. The molecule has 4 heteroatoms. The maximum absolute atomic E-state index is 8.82. The summed E-state index contributed by atoms with van der Waals surface area (Å²) < 4.78 is 0. The molecule has 3 nitrogen and oxygen atoms in total. The van der Waals surface area contributed by atoms with E-state index in [9.17, 15) is 0 Å². The number of aliphatic hydroxyl groups is 1. The van der Waals surface area contributed by atoms with Crippen molar-refractivity contribution in [1.29, 1.82) is 0 Å². The van der Waals surface area contributed by atoms with Crippen LogP contribution < -0.4 is 5.32 Å². The van der Waals surface area contributed by atoms with Gasteiger partial charge < -0.3 is 10.4 Å². The number of hydrogen-bond donors (Lipinski definition) is 2. The van der Waals surface area contributed by atoms with Gasteiger partial charge in [0.25, 0.3) is 0 Å². The second kappa shape index (κ2) is 6.11. The van der Waals surface area contributed by atoms with E-state index in [1.807, 2.05) is 6.92 Å². The topological polar surface area (TPSA) is 45.2 Å². The highest BCUT2D eigenvalue weighted by molar-refractivity contribution is 7.09. The summed E-state index contributed by atoms with van der Waals surface area (Å²) in [7, 11) is 0. The Morgan fingerprint density at radius 1 is 1.64 bits per heavy atom. The SMILES string of the molecule is CCc1nc(CNCC(C)CO)cs1. The molecule has 0 aliphatic heterocycles. The number of aliphatic hydroxyl groups excluding tert-OH is 1. The third-order valence-electron chi connectivity index (χ3n) is 2.01. The molecule has 80 valence electrons. The number of thiazole rings is 1. The van der Waals surface area contributed by atoms with E-state index < -0.39 is 0 Å². The van der Waals surface area contributed by atoms with Gasteiger partial charge in [0, 0.05) is 25.1 Å². The van der Waals surface area contributed by atoms with Gasteiger partial charge in [-0.25, -0.2) is 4.98 Å². The lowest BCUT2D eigenvalue weighted by molar-refractivity contribution is 0.233. The van der Waals surface area contributed by atoms with E-state index in [0.29, 0.717) is 5.92 Å². The summed E-state index contributed by atoms with van der Waals surface area (Å²) in [6, 6.07) is 0. The van der Waals surface area contributed by atoms with Crippen LogP contribution in [0.4, 0.5) is 0 Å².